The van der Waals surface area contributed by atoms with Crippen LogP contribution in [-0.4, -0.2) is 32.7 Å². The van der Waals surface area contributed by atoms with Crippen molar-refractivity contribution in [1.29, 1.82) is 0 Å². The fourth-order valence-corrected chi connectivity index (χ4v) is 1.68. The zero-order valence-corrected chi connectivity index (χ0v) is 12.1. The number of amides is 1. The standard InChI is InChI=1S/C14H19N5O/c1-9(12(20)17-14(2,3)4)15-13-16-10-7-5-6-8-11(10)18-19-13/h5-9H,1-4H3,(H,17,20)(H,15,16,19). The summed E-state index contributed by atoms with van der Waals surface area (Å²) in [5, 5.41) is 13.9. The van der Waals surface area contributed by atoms with Crippen LogP contribution in [0.15, 0.2) is 24.3 Å². The van der Waals surface area contributed by atoms with Gasteiger partial charge in [0, 0.05) is 5.54 Å². The van der Waals surface area contributed by atoms with Gasteiger partial charge in [0.25, 0.3) is 0 Å². The molecule has 0 spiro atoms. The van der Waals surface area contributed by atoms with Gasteiger partial charge in [-0.15, -0.1) is 10.2 Å². The molecule has 1 amide bonds. The van der Waals surface area contributed by atoms with Gasteiger partial charge in [-0.2, -0.15) is 0 Å². The molecule has 1 atom stereocenters. The zero-order valence-electron chi connectivity index (χ0n) is 12.1. The van der Waals surface area contributed by atoms with Crippen molar-refractivity contribution in [1.82, 2.24) is 20.5 Å². The second-order valence-electron chi connectivity index (χ2n) is 5.73. The van der Waals surface area contributed by atoms with E-state index in [-0.39, 0.29) is 11.4 Å². The first-order valence-corrected chi connectivity index (χ1v) is 6.53. The highest BCUT2D eigenvalue weighted by Crippen LogP contribution is 2.09. The van der Waals surface area contributed by atoms with E-state index < -0.39 is 6.04 Å². The van der Waals surface area contributed by atoms with E-state index in [9.17, 15) is 4.79 Å². The molecule has 20 heavy (non-hydrogen) atoms. The van der Waals surface area contributed by atoms with Crippen LogP contribution in [0, 0.1) is 0 Å². The molecule has 1 aromatic carbocycles. The number of nitrogens with zero attached hydrogens (tertiary/aromatic N) is 3. The molecular weight excluding hydrogens is 254 g/mol. The predicted octanol–water partition coefficient (Wildman–Crippen LogP) is 1.74. The Morgan fingerprint density at radius 2 is 1.80 bits per heavy atom. The summed E-state index contributed by atoms with van der Waals surface area (Å²) in [5.74, 6) is 0.245. The molecule has 0 aliphatic rings. The second kappa shape index (κ2) is 5.40. The van der Waals surface area contributed by atoms with Crippen molar-refractivity contribution in [3.8, 4) is 0 Å². The lowest BCUT2D eigenvalue weighted by atomic mass is 10.1. The van der Waals surface area contributed by atoms with Gasteiger partial charge in [-0.05, 0) is 39.8 Å². The van der Waals surface area contributed by atoms with Crippen molar-refractivity contribution >= 4 is 22.9 Å². The number of rotatable bonds is 3. The average Bonchev–Trinajstić information content (AvgIpc) is 2.36. The van der Waals surface area contributed by atoms with Crippen LogP contribution in [0.2, 0.25) is 0 Å². The lowest BCUT2D eigenvalue weighted by Gasteiger charge is -2.23. The molecule has 0 bridgehead atoms. The first kappa shape index (κ1) is 14.2. The summed E-state index contributed by atoms with van der Waals surface area (Å²) < 4.78 is 0. The van der Waals surface area contributed by atoms with Crippen molar-refractivity contribution in [2.45, 2.75) is 39.3 Å². The molecule has 1 unspecified atom stereocenters. The smallest absolute Gasteiger partial charge is 0.243 e. The predicted molar refractivity (Wildman–Crippen MR) is 78.3 cm³/mol. The zero-order chi connectivity index (χ0) is 14.8. The quantitative estimate of drug-likeness (QED) is 0.890. The molecule has 1 aromatic heterocycles. The fourth-order valence-electron chi connectivity index (χ4n) is 1.68. The Bertz CT molecular complexity index is 620. The van der Waals surface area contributed by atoms with Crippen molar-refractivity contribution in [3.63, 3.8) is 0 Å². The Balaban J connectivity index is 2.09. The SMILES string of the molecule is CC(Nc1nnc2ccccc2n1)C(=O)NC(C)(C)C. The fraction of sp³-hybridized carbons (Fsp3) is 0.429. The molecule has 6 heteroatoms. The van der Waals surface area contributed by atoms with Gasteiger partial charge in [-0.3, -0.25) is 4.79 Å². The molecule has 1 heterocycles. The Morgan fingerprint density at radius 3 is 2.45 bits per heavy atom. The number of carbonyl (C=O) groups excluding carboxylic acids is 1. The summed E-state index contributed by atoms with van der Waals surface area (Å²) in [5.41, 5.74) is 1.20. The van der Waals surface area contributed by atoms with E-state index in [1.807, 2.05) is 45.0 Å². The number of benzene rings is 1. The van der Waals surface area contributed by atoms with Crippen molar-refractivity contribution in [3.05, 3.63) is 24.3 Å². The number of hydrogen-bond donors (Lipinski definition) is 2. The molecule has 2 rings (SSSR count). The molecule has 0 fully saturated rings. The Hall–Kier alpha value is -2.24. The highest BCUT2D eigenvalue weighted by Gasteiger charge is 2.19. The highest BCUT2D eigenvalue weighted by molar-refractivity contribution is 5.84. The maximum atomic E-state index is 12.0. The molecule has 0 saturated carbocycles. The first-order valence-electron chi connectivity index (χ1n) is 6.53. The molecule has 2 N–H and O–H groups in total. The van der Waals surface area contributed by atoms with E-state index in [0.29, 0.717) is 5.95 Å². The van der Waals surface area contributed by atoms with Gasteiger partial charge in [-0.1, -0.05) is 12.1 Å². The Labute approximate surface area is 118 Å². The van der Waals surface area contributed by atoms with Crippen LogP contribution < -0.4 is 10.6 Å². The van der Waals surface area contributed by atoms with E-state index in [1.165, 1.54) is 0 Å². The number of hydrogen-bond acceptors (Lipinski definition) is 5. The van der Waals surface area contributed by atoms with E-state index in [1.54, 1.807) is 6.92 Å². The van der Waals surface area contributed by atoms with Gasteiger partial charge in [0.05, 0.1) is 5.52 Å². The van der Waals surface area contributed by atoms with E-state index >= 15 is 0 Å². The minimum atomic E-state index is -0.433. The Morgan fingerprint density at radius 1 is 1.15 bits per heavy atom. The summed E-state index contributed by atoms with van der Waals surface area (Å²) in [6.07, 6.45) is 0. The van der Waals surface area contributed by atoms with Crippen LogP contribution in [0.5, 0.6) is 0 Å². The van der Waals surface area contributed by atoms with Gasteiger partial charge < -0.3 is 10.6 Å². The Kier molecular flexibility index (Phi) is 3.83. The highest BCUT2D eigenvalue weighted by atomic mass is 16.2. The monoisotopic (exact) mass is 273 g/mol. The van der Waals surface area contributed by atoms with Gasteiger partial charge in [-0.25, -0.2) is 4.98 Å². The van der Waals surface area contributed by atoms with Crippen LogP contribution >= 0.6 is 0 Å². The van der Waals surface area contributed by atoms with Crippen molar-refractivity contribution in [2.75, 3.05) is 5.32 Å². The van der Waals surface area contributed by atoms with Gasteiger partial charge >= 0.3 is 0 Å². The summed E-state index contributed by atoms with van der Waals surface area (Å²) in [6.45, 7) is 7.57. The van der Waals surface area contributed by atoms with Crippen molar-refractivity contribution < 1.29 is 4.79 Å². The molecular formula is C14H19N5O. The van der Waals surface area contributed by atoms with Gasteiger partial charge in [0.2, 0.25) is 11.9 Å². The lowest BCUT2D eigenvalue weighted by molar-refractivity contribution is -0.122. The summed E-state index contributed by atoms with van der Waals surface area (Å²) in [4.78, 5) is 16.3. The first-order chi connectivity index (χ1) is 9.35. The number of para-hydroxylation sites is 1. The number of fused-ring (bicyclic) bond motifs is 1. The van der Waals surface area contributed by atoms with Crippen molar-refractivity contribution in [2.24, 2.45) is 0 Å². The third kappa shape index (κ3) is 3.63. The summed E-state index contributed by atoms with van der Waals surface area (Å²) >= 11 is 0. The lowest BCUT2D eigenvalue weighted by Crippen LogP contribution is -2.47. The van der Waals surface area contributed by atoms with Crippen LogP contribution in [0.1, 0.15) is 27.7 Å². The molecule has 0 aliphatic heterocycles. The second-order valence-corrected chi connectivity index (χ2v) is 5.73. The maximum Gasteiger partial charge on any atom is 0.243 e. The van der Waals surface area contributed by atoms with E-state index in [4.69, 9.17) is 0 Å². The average molecular weight is 273 g/mol. The number of nitrogens with one attached hydrogen (secondary N) is 2. The molecule has 106 valence electrons. The van der Waals surface area contributed by atoms with Crippen LogP contribution in [0.25, 0.3) is 11.0 Å². The topological polar surface area (TPSA) is 79.8 Å². The van der Waals surface area contributed by atoms with E-state index in [2.05, 4.69) is 25.8 Å². The third-order valence-corrected chi connectivity index (χ3v) is 2.60. The largest absolute Gasteiger partial charge is 0.350 e. The molecule has 2 aromatic rings. The minimum Gasteiger partial charge on any atom is -0.350 e. The normalized spacial score (nSPS) is 13.0. The maximum absolute atomic E-state index is 12.0. The van der Waals surface area contributed by atoms with Gasteiger partial charge in [0.15, 0.2) is 0 Å². The van der Waals surface area contributed by atoms with Crippen LogP contribution in [0.3, 0.4) is 0 Å². The minimum absolute atomic E-state index is 0.103. The summed E-state index contributed by atoms with van der Waals surface area (Å²) in [6, 6.07) is 7.03. The van der Waals surface area contributed by atoms with E-state index in [0.717, 1.165) is 11.0 Å². The number of aromatic nitrogens is 3. The molecule has 0 radical (unpaired) electrons. The third-order valence-electron chi connectivity index (χ3n) is 2.60. The van der Waals surface area contributed by atoms with Crippen LogP contribution in [-0.2, 0) is 4.79 Å². The number of anilines is 1. The summed E-state index contributed by atoms with van der Waals surface area (Å²) in [7, 11) is 0. The van der Waals surface area contributed by atoms with Gasteiger partial charge in [0.1, 0.15) is 11.6 Å². The molecule has 0 aliphatic carbocycles. The number of carbonyl (C=O) groups is 1. The molecule has 0 saturated heterocycles. The molecule has 6 nitrogen and oxygen atoms in total. The van der Waals surface area contributed by atoms with Crippen LogP contribution in [0.4, 0.5) is 5.95 Å².